The third kappa shape index (κ3) is 5.37. The fraction of sp³-hybridized carbons (Fsp3) is 0.267. The maximum Gasteiger partial charge on any atom is 0.196 e. The van der Waals surface area contributed by atoms with Gasteiger partial charge in [-0.25, -0.2) is 0 Å². The van der Waals surface area contributed by atoms with Crippen molar-refractivity contribution in [2.45, 2.75) is 6.92 Å². The Morgan fingerprint density at radius 2 is 1.70 bits per heavy atom. The molecule has 2 heterocycles. The summed E-state index contributed by atoms with van der Waals surface area (Å²) in [6, 6.07) is 23.3. The molecule has 4 aromatic rings. The Hall–Kier alpha value is -4.10. The van der Waals surface area contributed by atoms with Crippen LogP contribution in [0.3, 0.4) is 0 Å². The second kappa shape index (κ2) is 11.3. The van der Waals surface area contributed by atoms with Crippen molar-refractivity contribution in [1.29, 1.82) is 0 Å². The molecule has 0 saturated carbocycles. The molecule has 3 aromatic carbocycles. The van der Waals surface area contributed by atoms with Gasteiger partial charge in [0.2, 0.25) is 0 Å². The van der Waals surface area contributed by atoms with Gasteiger partial charge in [0, 0.05) is 49.4 Å². The normalized spacial score (nSPS) is 14.4. The lowest BCUT2D eigenvalue weighted by Gasteiger charge is -2.36. The Bertz CT molecular complexity index is 1440. The zero-order chi connectivity index (χ0) is 25.6. The minimum absolute atomic E-state index is 0.0384. The number of ether oxygens (including phenoxy) is 1. The molecule has 1 aliphatic rings. The van der Waals surface area contributed by atoms with Crippen molar-refractivity contribution in [2.75, 3.05) is 51.3 Å². The van der Waals surface area contributed by atoms with Crippen LogP contribution < -0.4 is 15.1 Å². The zero-order valence-electron chi connectivity index (χ0n) is 21.2. The Labute approximate surface area is 216 Å². The molecular weight excluding hydrogens is 466 g/mol. The van der Waals surface area contributed by atoms with Crippen LogP contribution in [0, 0.1) is 6.92 Å². The number of hydrogen-bond acceptors (Lipinski definition) is 7. The Morgan fingerprint density at radius 1 is 0.946 bits per heavy atom. The highest BCUT2D eigenvalue weighted by Gasteiger charge is 2.19. The number of methoxy groups -OCH3 is 1. The van der Waals surface area contributed by atoms with Crippen LogP contribution in [0.5, 0.6) is 5.75 Å². The number of para-hydroxylation sites is 3. The van der Waals surface area contributed by atoms with E-state index in [4.69, 9.17) is 14.0 Å². The lowest BCUT2D eigenvalue weighted by molar-refractivity contribution is 0.109. The van der Waals surface area contributed by atoms with Gasteiger partial charge in [-0.1, -0.05) is 53.7 Å². The Balaban J connectivity index is 1.20. The predicted molar refractivity (Wildman–Crippen MR) is 148 cm³/mol. The van der Waals surface area contributed by atoms with E-state index in [-0.39, 0.29) is 5.43 Å². The fourth-order valence-electron chi connectivity index (χ4n) is 4.72. The maximum absolute atomic E-state index is 13.0. The molecule has 1 aromatic heterocycles. The molecule has 0 N–H and O–H groups in total. The van der Waals surface area contributed by atoms with E-state index < -0.39 is 0 Å². The molecule has 0 atom stereocenters. The van der Waals surface area contributed by atoms with E-state index in [1.165, 1.54) is 0 Å². The summed E-state index contributed by atoms with van der Waals surface area (Å²) in [5.41, 5.74) is 3.78. The molecule has 5 rings (SSSR count). The molecule has 0 radical (unpaired) electrons. The number of piperazine rings is 1. The molecule has 0 bridgehead atoms. The van der Waals surface area contributed by atoms with Gasteiger partial charge in [-0.2, -0.15) is 0 Å². The zero-order valence-corrected chi connectivity index (χ0v) is 21.2. The first kappa shape index (κ1) is 24.6. The Kier molecular flexibility index (Phi) is 7.51. The van der Waals surface area contributed by atoms with Crippen LogP contribution in [0.1, 0.15) is 11.1 Å². The van der Waals surface area contributed by atoms with Gasteiger partial charge in [-0.05, 0) is 31.2 Å². The summed E-state index contributed by atoms with van der Waals surface area (Å²) in [6.45, 7) is 6.83. The van der Waals surface area contributed by atoms with Crippen molar-refractivity contribution < 1.29 is 14.0 Å². The summed E-state index contributed by atoms with van der Waals surface area (Å²) in [4.78, 5) is 23.3. The van der Waals surface area contributed by atoms with Gasteiger partial charge in [0.15, 0.2) is 5.43 Å². The molecule has 1 fully saturated rings. The smallest absolute Gasteiger partial charge is 0.196 e. The third-order valence-corrected chi connectivity index (χ3v) is 6.77. The van der Waals surface area contributed by atoms with Crippen molar-refractivity contribution in [3.8, 4) is 17.1 Å². The lowest BCUT2D eigenvalue weighted by atomic mass is 10.0. The molecule has 7 nitrogen and oxygen atoms in total. The van der Waals surface area contributed by atoms with Crippen LogP contribution in [0.2, 0.25) is 0 Å². The van der Waals surface area contributed by atoms with Gasteiger partial charge in [0.05, 0.1) is 24.4 Å². The molecule has 0 unspecified atom stereocenters. The number of fused-ring (bicyclic) bond motifs is 1. The van der Waals surface area contributed by atoms with Gasteiger partial charge in [0.25, 0.3) is 0 Å². The highest BCUT2D eigenvalue weighted by atomic mass is 16.6. The number of hydrogen-bond donors (Lipinski definition) is 0. The average Bonchev–Trinajstić information content (AvgIpc) is 2.95. The predicted octanol–water partition coefficient (Wildman–Crippen LogP) is 4.95. The lowest BCUT2D eigenvalue weighted by Crippen LogP contribution is -2.47. The van der Waals surface area contributed by atoms with Crippen molar-refractivity contribution in [3.05, 3.63) is 94.1 Å². The van der Waals surface area contributed by atoms with Gasteiger partial charge in [0.1, 0.15) is 23.7 Å². The van der Waals surface area contributed by atoms with Crippen LogP contribution in [0.25, 0.3) is 22.3 Å². The molecule has 0 amide bonds. The quantitative estimate of drug-likeness (QED) is 0.195. The highest BCUT2D eigenvalue weighted by Crippen LogP contribution is 2.29. The van der Waals surface area contributed by atoms with E-state index in [2.05, 4.69) is 21.0 Å². The number of benzene rings is 3. The minimum atomic E-state index is -0.0384. The number of anilines is 1. The van der Waals surface area contributed by atoms with Crippen molar-refractivity contribution in [3.63, 3.8) is 0 Å². The topological polar surface area (TPSA) is 67.5 Å². The molecule has 0 spiro atoms. The molecule has 1 aliphatic heterocycles. The average molecular weight is 498 g/mol. The SMILES string of the molecule is COc1ccccc1N1CCN(CCO/N=C/c2cccc3c(=O)c(C)c(-c4ccccc4)oc23)CC1. The minimum Gasteiger partial charge on any atom is -0.495 e. The molecule has 7 heteroatoms. The molecular formula is C30H31N3O4. The van der Waals surface area contributed by atoms with E-state index in [1.54, 1.807) is 26.3 Å². The number of nitrogens with zero attached hydrogens (tertiary/aromatic N) is 3. The second-order valence-corrected chi connectivity index (χ2v) is 9.04. The monoisotopic (exact) mass is 497 g/mol. The van der Waals surface area contributed by atoms with Crippen molar-refractivity contribution in [1.82, 2.24) is 4.90 Å². The van der Waals surface area contributed by atoms with Crippen molar-refractivity contribution in [2.24, 2.45) is 5.16 Å². The summed E-state index contributed by atoms with van der Waals surface area (Å²) in [5.74, 6) is 1.48. The summed E-state index contributed by atoms with van der Waals surface area (Å²) in [6.07, 6.45) is 1.62. The van der Waals surface area contributed by atoms with E-state index in [0.717, 1.165) is 49.7 Å². The van der Waals surface area contributed by atoms with Crippen LogP contribution in [0.4, 0.5) is 5.69 Å². The van der Waals surface area contributed by atoms with Crippen molar-refractivity contribution >= 4 is 22.9 Å². The standard InChI is InChI=1S/C30H31N3O4/c1-22-28(34)25-12-8-11-24(30(25)37-29(22)23-9-4-3-5-10-23)21-31-36-20-19-32-15-17-33(18-16-32)26-13-6-7-14-27(26)35-2/h3-14,21H,15-20H2,1-2H3/b31-21+. The highest BCUT2D eigenvalue weighted by molar-refractivity contribution is 5.96. The maximum atomic E-state index is 13.0. The third-order valence-electron chi connectivity index (χ3n) is 6.77. The van der Waals surface area contributed by atoms with E-state index in [9.17, 15) is 4.79 Å². The summed E-state index contributed by atoms with van der Waals surface area (Å²) < 4.78 is 11.7. The number of oxime groups is 1. The molecule has 0 aliphatic carbocycles. The largest absolute Gasteiger partial charge is 0.495 e. The van der Waals surface area contributed by atoms with Gasteiger partial charge in [-0.15, -0.1) is 0 Å². The second-order valence-electron chi connectivity index (χ2n) is 9.04. The molecule has 190 valence electrons. The van der Waals surface area contributed by atoms with Crippen LogP contribution >= 0.6 is 0 Å². The first-order valence-electron chi connectivity index (χ1n) is 12.5. The summed E-state index contributed by atoms with van der Waals surface area (Å²) in [7, 11) is 1.71. The van der Waals surface area contributed by atoms with Crippen LogP contribution in [0.15, 0.2) is 87.2 Å². The van der Waals surface area contributed by atoms with Crippen LogP contribution in [-0.4, -0.2) is 57.6 Å². The van der Waals surface area contributed by atoms with Gasteiger partial charge in [-0.3, -0.25) is 9.69 Å². The summed E-state index contributed by atoms with van der Waals surface area (Å²) in [5, 5.41) is 4.71. The molecule has 1 saturated heterocycles. The van der Waals surface area contributed by atoms with E-state index >= 15 is 0 Å². The fourth-order valence-corrected chi connectivity index (χ4v) is 4.72. The number of rotatable bonds is 8. The Morgan fingerprint density at radius 3 is 2.49 bits per heavy atom. The van der Waals surface area contributed by atoms with E-state index in [1.807, 2.05) is 60.7 Å². The molecule has 37 heavy (non-hydrogen) atoms. The van der Waals surface area contributed by atoms with Gasteiger partial charge < -0.3 is 18.9 Å². The van der Waals surface area contributed by atoms with Gasteiger partial charge >= 0.3 is 0 Å². The first-order chi connectivity index (χ1) is 18.2. The van der Waals surface area contributed by atoms with Crippen LogP contribution in [-0.2, 0) is 4.84 Å². The van der Waals surface area contributed by atoms with E-state index in [0.29, 0.717) is 34.5 Å². The summed E-state index contributed by atoms with van der Waals surface area (Å²) >= 11 is 0. The first-order valence-corrected chi connectivity index (χ1v) is 12.5.